The maximum absolute atomic E-state index is 6.19. The van der Waals surface area contributed by atoms with Crippen LogP contribution < -0.4 is 5.73 Å². The summed E-state index contributed by atoms with van der Waals surface area (Å²) in [5.74, 6) is 0. The van der Waals surface area contributed by atoms with E-state index in [-0.39, 0.29) is 5.54 Å². The molecule has 0 amide bonds. The summed E-state index contributed by atoms with van der Waals surface area (Å²) in [6.45, 7) is 0.905. The molecule has 2 heteroatoms. The van der Waals surface area contributed by atoms with Crippen LogP contribution in [0.5, 0.6) is 0 Å². The van der Waals surface area contributed by atoms with E-state index in [0.29, 0.717) is 6.10 Å². The fourth-order valence-corrected chi connectivity index (χ4v) is 2.31. The van der Waals surface area contributed by atoms with Crippen molar-refractivity contribution in [2.24, 2.45) is 5.73 Å². The van der Waals surface area contributed by atoms with Crippen molar-refractivity contribution in [3.8, 4) is 0 Å². The van der Waals surface area contributed by atoms with Crippen molar-refractivity contribution in [3.63, 3.8) is 0 Å². The molecule has 1 heterocycles. The molecule has 1 atom stereocenters. The molecule has 3 rings (SSSR count). The van der Waals surface area contributed by atoms with E-state index in [9.17, 15) is 0 Å². The highest BCUT2D eigenvalue weighted by Crippen LogP contribution is 2.43. The molecular formula is C13H17NO. The topological polar surface area (TPSA) is 35.2 Å². The first-order valence-electron chi connectivity index (χ1n) is 5.79. The largest absolute Gasteiger partial charge is 0.374 e. The predicted octanol–water partition coefficient (Wildman–Crippen LogP) is 2.49. The van der Waals surface area contributed by atoms with Gasteiger partial charge in [0.05, 0.1) is 6.10 Å². The Kier molecular flexibility index (Phi) is 2.08. The number of hydrogen-bond donors (Lipinski definition) is 1. The van der Waals surface area contributed by atoms with Gasteiger partial charge in [0, 0.05) is 12.1 Å². The van der Waals surface area contributed by atoms with Gasteiger partial charge >= 0.3 is 0 Å². The van der Waals surface area contributed by atoms with Crippen LogP contribution in [0, 0.1) is 0 Å². The zero-order chi connectivity index (χ0) is 10.3. The fraction of sp³-hybridized carbons (Fsp3) is 0.538. The first kappa shape index (κ1) is 9.37. The van der Waals surface area contributed by atoms with Gasteiger partial charge < -0.3 is 10.5 Å². The van der Waals surface area contributed by atoms with Gasteiger partial charge in [-0.2, -0.15) is 0 Å². The van der Waals surface area contributed by atoms with E-state index in [1.54, 1.807) is 0 Å². The van der Waals surface area contributed by atoms with Crippen LogP contribution in [0.4, 0.5) is 0 Å². The van der Waals surface area contributed by atoms with E-state index in [2.05, 4.69) is 24.3 Å². The van der Waals surface area contributed by atoms with Crippen LogP contribution in [-0.4, -0.2) is 6.61 Å². The quantitative estimate of drug-likeness (QED) is 0.801. The van der Waals surface area contributed by atoms with Crippen LogP contribution in [0.15, 0.2) is 24.3 Å². The Hall–Kier alpha value is -0.860. The SMILES string of the molecule is NC1(c2cccc(C3CCCO3)c2)CC1. The van der Waals surface area contributed by atoms with Crippen molar-refractivity contribution in [2.45, 2.75) is 37.3 Å². The van der Waals surface area contributed by atoms with Crippen LogP contribution in [0.25, 0.3) is 0 Å². The molecule has 1 saturated carbocycles. The van der Waals surface area contributed by atoms with E-state index in [1.165, 1.54) is 17.5 Å². The van der Waals surface area contributed by atoms with Crippen LogP contribution in [-0.2, 0) is 10.3 Å². The third kappa shape index (κ3) is 1.68. The molecule has 0 aromatic heterocycles. The molecule has 15 heavy (non-hydrogen) atoms. The molecule has 1 aliphatic carbocycles. The highest BCUT2D eigenvalue weighted by Gasteiger charge is 2.40. The van der Waals surface area contributed by atoms with Crippen LogP contribution in [0.3, 0.4) is 0 Å². The molecule has 2 nitrogen and oxygen atoms in total. The van der Waals surface area contributed by atoms with Gasteiger partial charge in [0.25, 0.3) is 0 Å². The van der Waals surface area contributed by atoms with Crippen molar-refractivity contribution >= 4 is 0 Å². The van der Waals surface area contributed by atoms with Gasteiger partial charge in [-0.25, -0.2) is 0 Å². The lowest BCUT2D eigenvalue weighted by Gasteiger charge is -2.14. The normalized spacial score (nSPS) is 27.9. The van der Waals surface area contributed by atoms with E-state index in [4.69, 9.17) is 10.5 Å². The van der Waals surface area contributed by atoms with Gasteiger partial charge in [-0.3, -0.25) is 0 Å². The van der Waals surface area contributed by atoms with Gasteiger partial charge in [0.2, 0.25) is 0 Å². The number of benzene rings is 1. The summed E-state index contributed by atoms with van der Waals surface area (Å²) in [5, 5.41) is 0. The Bertz CT molecular complexity index is 365. The smallest absolute Gasteiger partial charge is 0.0825 e. The number of ether oxygens (including phenoxy) is 1. The maximum atomic E-state index is 6.19. The lowest BCUT2D eigenvalue weighted by atomic mass is 9.99. The molecule has 0 radical (unpaired) electrons. The lowest BCUT2D eigenvalue weighted by Crippen LogP contribution is -2.18. The number of hydrogen-bond acceptors (Lipinski definition) is 2. The van der Waals surface area contributed by atoms with E-state index in [0.717, 1.165) is 25.9 Å². The van der Waals surface area contributed by atoms with E-state index >= 15 is 0 Å². The van der Waals surface area contributed by atoms with Crippen LogP contribution in [0.1, 0.15) is 42.9 Å². The highest BCUT2D eigenvalue weighted by atomic mass is 16.5. The Morgan fingerprint density at radius 3 is 2.87 bits per heavy atom. The van der Waals surface area contributed by atoms with Crippen molar-refractivity contribution < 1.29 is 4.74 Å². The highest BCUT2D eigenvalue weighted by molar-refractivity contribution is 5.34. The van der Waals surface area contributed by atoms with Crippen LogP contribution >= 0.6 is 0 Å². The summed E-state index contributed by atoms with van der Waals surface area (Å²) in [6.07, 6.45) is 4.90. The second-order valence-corrected chi connectivity index (χ2v) is 4.78. The van der Waals surface area contributed by atoms with E-state index in [1.807, 2.05) is 0 Å². The first-order chi connectivity index (χ1) is 7.28. The third-order valence-electron chi connectivity index (χ3n) is 3.55. The minimum Gasteiger partial charge on any atom is -0.374 e. The Morgan fingerprint density at radius 2 is 2.20 bits per heavy atom. The maximum Gasteiger partial charge on any atom is 0.0825 e. The van der Waals surface area contributed by atoms with Crippen molar-refractivity contribution in [1.29, 1.82) is 0 Å². The molecule has 2 N–H and O–H groups in total. The molecular weight excluding hydrogens is 186 g/mol. The van der Waals surface area contributed by atoms with Gasteiger partial charge in [-0.05, 0) is 36.8 Å². The molecule has 1 aliphatic heterocycles. The molecule has 1 aromatic rings. The van der Waals surface area contributed by atoms with Crippen molar-refractivity contribution in [2.75, 3.05) is 6.61 Å². The second kappa shape index (κ2) is 3.32. The predicted molar refractivity (Wildman–Crippen MR) is 59.5 cm³/mol. The minimum absolute atomic E-state index is 0.0192. The summed E-state index contributed by atoms with van der Waals surface area (Å²) >= 11 is 0. The second-order valence-electron chi connectivity index (χ2n) is 4.78. The van der Waals surface area contributed by atoms with Gasteiger partial charge in [-0.1, -0.05) is 24.3 Å². The standard InChI is InChI=1S/C13H17NO/c14-13(6-7-13)11-4-1-3-10(9-11)12-5-2-8-15-12/h1,3-4,9,12H,2,5-8,14H2. The third-order valence-corrected chi connectivity index (χ3v) is 3.55. The Morgan fingerprint density at radius 1 is 1.33 bits per heavy atom. The summed E-state index contributed by atoms with van der Waals surface area (Å²) < 4.78 is 5.69. The molecule has 0 spiro atoms. The van der Waals surface area contributed by atoms with Crippen molar-refractivity contribution in [3.05, 3.63) is 35.4 Å². The Balaban J connectivity index is 1.89. The molecule has 2 aliphatic rings. The van der Waals surface area contributed by atoms with Gasteiger partial charge in [0.1, 0.15) is 0 Å². The number of rotatable bonds is 2. The van der Waals surface area contributed by atoms with Crippen LogP contribution in [0.2, 0.25) is 0 Å². The molecule has 80 valence electrons. The zero-order valence-corrected chi connectivity index (χ0v) is 8.91. The lowest BCUT2D eigenvalue weighted by molar-refractivity contribution is 0.112. The molecule has 2 fully saturated rings. The fourth-order valence-electron chi connectivity index (χ4n) is 2.31. The minimum atomic E-state index is -0.0192. The summed E-state index contributed by atoms with van der Waals surface area (Å²) in [4.78, 5) is 0. The van der Waals surface area contributed by atoms with Crippen molar-refractivity contribution in [1.82, 2.24) is 0 Å². The Labute approximate surface area is 90.4 Å². The average molecular weight is 203 g/mol. The summed E-state index contributed by atoms with van der Waals surface area (Å²) in [7, 11) is 0. The molecule has 1 unspecified atom stereocenters. The van der Waals surface area contributed by atoms with Gasteiger partial charge in [-0.15, -0.1) is 0 Å². The first-order valence-corrected chi connectivity index (χ1v) is 5.79. The average Bonchev–Trinajstić information content (AvgIpc) is 2.84. The molecule has 0 bridgehead atoms. The van der Waals surface area contributed by atoms with E-state index < -0.39 is 0 Å². The zero-order valence-electron chi connectivity index (χ0n) is 8.91. The number of nitrogens with two attached hydrogens (primary N) is 1. The monoisotopic (exact) mass is 203 g/mol. The van der Waals surface area contributed by atoms with Gasteiger partial charge in [0.15, 0.2) is 0 Å². The summed E-state index contributed by atoms with van der Waals surface area (Å²) in [5.41, 5.74) is 8.77. The summed E-state index contributed by atoms with van der Waals surface area (Å²) in [6, 6.07) is 8.65. The molecule has 1 saturated heterocycles. The molecule has 1 aromatic carbocycles.